The van der Waals surface area contributed by atoms with Crippen molar-refractivity contribution in [2.24, 2.45) is 0 Å². The van der Waals surface area contributed by atoms with Crippen LogP contribution in [-0.2, 0) is 6.61 Å². The maximum atomic E-state index is 10.9. The van der Waals surface area contributed by atoms with Crippen LogP contribution in [0.5, 0.6) is 11.5 Å². The van der Waals surface area contributed by atoms with Gasteiger partial charge >= 0.3 is 5.97 Å². The normalized spacial score (nSPS) is 10.1. The first kappa shape index (κ1) is 14.1. The summed E-state index contributed by atoms with van der Waals surface area (Å²) in [5.41, 5.74) is -0.250. The summed E-state index contributed by atoms with van der Waals surface area (Å²) in [6.07, 6.45) is 1.24. The summed E-state index contributed by atoms with van der Waals surface area (Å²) >= 11 is 5.69. The highest BCUT2D eigenvalue weighted by Crippen LogP contribution is 2.26. The molecule has 0 radical (unpaired) electrons. The first-order valence-electron chi connectivity index (χ1n) is 5.62. The molecule has 0 saturated carbocycles. The van der Waals surface area contributed by atoms with Crippen molar-refractivity contribution in [1.82, 2.24) is 9.97 Å². The molecule has 0 aliphatic carbocycles. The summed E-state index contributed by atoms with van der Waals surface area (Å²) in [6.45, 7) is 0.0117. The number of aromatic carboxylic acids is 1. The molecular formula is C13H11ClN2O4. The Kier molecular flexibility index (Phi) is 4.37. The molecule has 0 bridgehead atoms. The third kappa shape index (κ3) is 3.16. The smallest absolute Gasteiger partial charge is 0.356 e. The van der Waals surface area contributed by atoms with Crippen molar-refractivity contribution in [2.75, 3.05) is 7.11 Å². The molecule has 6 nitrogen and oxygen atoms in total. The number of carbonyl (C=O) groups is 1. The van der Waals surface area contributed by atoms with Gasteiger partial charge in [0.1, 0.15) is 6.61 Å². The molecule has 0 aliphatic rings. The van der Waals surface area contributed by atoms with E-state index in [0.717, 1.165) is 0 Å². The van der Waals surface area contributed by atoms with E-state index >= 15 is 0 Å². The number of carboxylic acids is 1. The van der Waals surface area contributed by atoms with Crippen molar-refractivity contribution in [2.45, 2.75) is 6.61 Å². The molecule has 1 aromatic heterocycles. The second-order valence-electron chi connectivity index (χ2n) is 3.73. The number of benzene rings is 1. The van der Waals surface area contributed by atoms with E-state index in [9.17, 15) is 4.79 Å². The van der Waals surface area contributed by atoms with Crippen LogP contribution in [0.3, 0.4) is 0 Å². The standard InChI is InChI=1S/C13H11ClN2O4/c1-19-9-4-2-3-5-10(9)20-7-11-15-6-8(14)12(16-11)13(17)18/h2-6H,7H2,1H3,(H,17,18). The lowest BCUT2D eigenvalue weighted by Crippen LogP contribution is -2.08. The van der Waals surface area contributed by atoms with Crippen LogP contribution < -0.4 is 9.47 Å². The van der Waals surface area contributed by atoms with Gasteiger partial charge in [-0.05, 0) is 12.1 Å². The van der Waals surface area contributed by atoms with E-state index in [4.69, 9.17) is 26.2 Å². The fourth-order valence-electron chi connectivity index (χ4n) is 1.50. The van der Waals surface area contributed by atoms with Crippen LogP contribution in [0.25, 0.3) is 0 Å². The van der Waals surface area contributed by atoms with Crippen molar-refractivity contribution in [3.63, 3.8) is 0 Å². The molecule has 0 aliphatic heterocycles. The summed E-state index contributed by atoms with van der Waals surface area (Å²) in [7, 11) is 1.53. The molecule has 0 saturated heterocycles. The minimum absolute atomic E-state index is 0.0117. The van der Waals surface area contributed by atoms with E-state index in [0.29, 0.717) is 11.5 Å². The van der Waals surface area contributed by atoms with Crippen LogP contribution in [-0.4, -0.2) is 28.2 Å². The molecule has 0 amide bonds. The average Bonchev–Trinajstić information content (AvgIpc) is 2.46. The number of nitrogens with zero attached hydrogens (tertiary/aromatic N) is 2. The van der Waals surface area contributed by atoms with Crippen LogP contribution in [0, 0.1) is 0 Å². The lowest BCUT2D eigenvalue weighted by molar-refractivity contribution is 0.0689. The molecule has 1 aromatic carbocycles. The molecule has 1 N–H and O–H groups in total. The van der Waals surface area contributed by atoms with Crippen LogP contribution in [0.2, 0.25) is 5.02 Å². The highest BCUT2D eigenvalue weighted by atomic mass is 35.5. The van der Waals surface area contributed by atoms with Crippen molar-refractivity contribution >= 4 is 17.6 Å². The Bertz CT molecular complexity index is 634. The van der Waals surface area contributed by atoms with Crippen LogP contribution in [0.15, 0.2) is 30.5 Å². The monoisotopic (exact) mass is 294 g/mol. The Balaban J connectivity index is 2.15. The number of aromatic nitrogens is 2. The maximum absolute atomic E-state index is 10.9. The third-order valence-corrected chi connectivity index (χ3v) is 2.70. The zero-order valence-electron chi connectivity index (χ0n) is 10.5. The number of methoxy groups -OCH3 is 1. The van der Waals surface area contributed by atoms with Crippen molar-refractivity contribution in [1.29, 1.82) is 0 Å². The summed E-state index contributed by atoms with van der Waals surface area (Å²) < 4.78 is 10.6. The van der Waals surface area contributed by atoms with E-state index in [-0.39, 0.29) is 23.1 Å². The van der Waals surface area contributed by atoms with Crippen molar-refractivity contribution in [3.05, 3.63) is 47.0 Å². The Labute approximate surface area is 120 Å². The summed E-state index contributed by atoms with van der Waals surface area (Å²) in [5.74, 6) is 0.0963. The predicted octanol–water partition coefficient (Wildman–Crippen LogP) is 2.42. The molecular weight excluding hydrogens is 284 g/mol. The highest BCUT2D eigenvalue weighted by Gasteiger charge is 2.13. The van der Waals surface area contributed by atoms with Gasteiger partial charge in [-0.1, -0.05) is 23.7 Å². The predicted molar refractivity (Wildman–Crippen MR) is 71.3 cm³/mol. The molecule has 0 unspecified atom stereocenters. The zero-order chi connectivity index (χ0) is 14.5. The van der Waals surface area contributed by atoms with Gasteiger partial charge in [-0.15, -0.1) is 0 Å². The second-order valence-corrected chi connectivity index (χ2v) is 4.13. The minimum Gasteiger partial charge on any atom is -0.493 e. The number of rotatable bonds is 5. The minimum atomic E-state index is -1.21. The number of ether oxygens (including phenoxy) is 2. The third-order valence-electron chi connectivity index (χ3n) is 2.42. The summed E-state index contributed by atoms with van der Waals surface area (Å²) in [5, 5.41) is 8.91. The lowest BCUT2D eigenvalue weighted by atomic mass is 10.3. The SMILES string of the molecule is COc1ccccc1OCc1ncc(Cl)c(C(=O)O)n1. The maximum Gasteiger partial charge on any atom is 0.356 e. The van der Waals surface area contributed by atoms with Gasteiger partial charge < -0.3 is 14.6 Å². The zero-order valence-corrected chi connectivity index (χ0v) is 11.3. The van der Waals surface area contributed by atoms with Gasteiger partial charge in [-0.25, -0.2) is 14.8 Å². The summed E-state index contributed by atoms with van der Waals surface area (Å²) in [6, 6.07) is 7.09. The molecule has 7 heteroatoms. The Morgan fingerprint density at radius 1 is 1.35 bits per heavy atom. The molecule has 20 heavy (non-hydrogen) atoms. The van der Waals surface area contributed by atoms with Crippen molar-refractivity contribution in [3.8, 4) is 11.5 Å². The second kappa shape index (κ2) is 6.21. The lowest BCUT2D eigenvalue weighted by Gasteiger charge is -2.09. The van der Waals surface area contributed by atoms with Crippen LogP contribution >= 0.6 is 11.6 Å². The number of hydrogen-bond donors (Lipinski definition) is 1. The van der Waals surface area contributed by atoms with Gasteiger partial charge in [0.15, 0.2) is 23.0 Å². The molecule has 1 heterocycles. The van der Waals surface area contributed by atoms with E-state index < -0.39 is 5.97 Å². The number of hydrogen-bond acceptors (Lipinski definition) is 5. The molecule has 0 fully saturated rings. The first-order chi connectivity index (χ1) is 9.61. The molecule has 0 atom stereocenters. The van der Waals surface area contributed by atoms with Crippen molar-refractivity contribution < 1.29 is 19.4 Å². The van der Waals surface area contributed by atoms with E-state index in [2.05, 4.69) is 9.97 Å². The topological polar surface area (TPSA) is 81.5 Å². The van der Waals surface area contributed by atoms with Crippen LogP contribution in [0.4, 0.5) is 0 Å². The molecule has 104 valence electrons. The van der Waals surface area contributed by atoms with Gasteiger partial charge in [-0.3, -0.25) is 0 Å². The van der Waals surface area contributed by atoms with Crippen LogP contribution in [0.1, 0.15) is 16.3 Å². The molecule has 0 spiro atoms. The van der Waals surface area contributed by atoms with E-state index in [1.54, 1.807) is 18.2 Å². The first-order valence-corrected chi connectivity index (χ1v) is 6.00. The Hall–Kier alpha value is -2.34. The van der Waals surface area contributed by atoms with Gasteiger partial charge in [0.2, 0.25) is 0 Å². The molecule has 2 aromatic rings. The van der Waals surface area contributed by atoms with Gasteiger partial charge in [0, 0.05) is 0 Å². The Morgan fingerprint density at radius 3 is 2.70 bits per heavy atom. The Morgan fingerprint density at radius 2 is 2.05 bits per heavy atom. The van der Waals surface area contributed by atoms with E-state index in [1.165, 1.54) is 13.3 Å². The summed E-state index contributed by atoms with van der Waals surface area (Å²) in [4.78, 5) is 18.7. The van der Waals surface area contributed by atoms with Gasteiger partial charge in [0.05, 0.1) is 18.3 Å². The fraction of sp³-hybridized carbons (Fsp3) is 0.154. The van der Waals surface area contributed by atoms with Gasteiger partial charge in [-0.2, -0.15) is 0 Å². The molecule has 2 rings (SSSR count). The number of halogens is 1. The number of carboxylic acid groups (broad SMARTS) is 1. The largest absolute Gasteiger partial charge is 0.493 e. The fourth-order valence-corrected chi connectivity index (χ4v) is 1.68. The van der Waals surface area contributed by atoms with Gasteiger partial charge in [0.25, 0.3) is 0 Å². The number of para-hydroxylation sites is 2. The quantitative estimate of drug-likeness (QED) is 0.912. The highest BCUT2D eigenvalue weighted by molar-refractivity contribution is 6.33. The average molecular weight is 295 g/mol. The van der Waals surface area contributed by atoms with E-state index in [1.807, 2.05) is 6.07 Å².